The van der Waals surface area contributed by atoms with Crippen LogP contribution in [-0.2, 0) is 4.79 Å². The molecule has 136 valence electrons. The minimum Gasteiger partial charge on any atom is -0.353 e. The van der Waals surface area contributed by atoms with Crippen LogP contribution in [0.5, 0.6) is 0 Å². The Morgan fingerprint density at radius 3 is 2.44 bits per heavy atom. The zero-order valence-electron chi connectivity index (χ0n) is 15.0. The minimum absolute atomic E-state index is 0.0288. The summed E-state index contributed by atoms with van der Waals surface area (Å²) in [6.07, 6.45) is 5.62. The summed E-state index contributed by atoms with van der Waals surface area (Å²) in [4.78, 5) is 27.1. The summed E-state index contributed by atoms with van der Waals surface area (Å²) in [6.45, 7) is 3.26. The van der Waals surface area contributed by atoms with E-state index in [4.69, 9.17) is 5.73 Å². The van der Waals surface area contributed by atoms with Crippen molar-refractivity contribution in [3.05, 3.63) is 35.4 Å². The van der Waals surface area contributed by atoms with Crippen LogP contribution in [0.2, 0.25) is 0 Å². The number of nitrogens with zero attached hydrogens (tertiary/aromatic N) is 1. The average molecular weight is 343 g/mol. The molecule has 3 N–H and O–H groups in total. The maximum Gasteiger partial charge on any atom is 0.253 e. The maximum absolute atomic E-state index is 12.7. The van der Waals surface area contributed by atoms with Crippen LogP contribution in [0.4, 0.5) is 0 Å². The number of piperidine rings is 1. The first-order valence-corrected chi connectivity index (χ1v) is 9.45. The van der Waals surface area contributed by atoms with Crippen molar-refractivity contribution in [2.75, 3.05) is 13.1 Å². The molecule has 1 aliphatic carbocycles. The standard InChI is InChI=1S/C20H29N3O2/c1-14-4-6-15(7-5-14)20(25)23-12-2-3-16(13-23)19(24)22-18-10-8-17(21)9-11-18/h4-7,16-18H,2-3,8-13,21H2,1H3,(H,22,24). The van der Waals surface area contributed by atoms with Crippen molar-refractivity contribution < 1.29 is 9.59 Å². The fourth-order valence-corrected chi connectivity index (χ4v) is 3.84. The van der Waals surface area contributed by atoms with Crippen LogP contribution in [0.3, 0.4) is 0 Å². The number of hydrogen-bond donors (Lipinski definition) is 2. The number of carbonyl (C=O) groups excluding carboxylic acids is 2. The summed E-state index contributed by atoms with van der Waals surface area (Å²) in [5, 5.41) is 3.18. The normalized spacial score (nSPS) is 27.0. The van der Waals surface area contributed by atoms with Crippen LogP contribution in [-0.4, -0.2) is 41.9 Å². The molecule has 25 heavy (non-hydrogen) atoms. The zero-order valence-corrected chi connectivity index (χ0v) is 15.0. The van der Waals surface area contributed by atoms with E-state index in [9.17, 15) is 9.59 Å². The summed E-state index contributed by atoms with van der Waals surface area (Å²) < 4.78 is 0. The molecule has 2 fully saturated rings. The Hall–Kier alpha value is -1.88. The largest absolute Gasteiger partial charge is 0.353 e. The van der Waals surface area contributed by atoms with Gasteiger partial charge in [-0.3, -0.25) is 9.59 Å². The minimum atomic E-state index is -0.0984. The van der Waals surface area contributed by atoms with E-state index in [1.165, 1.54) is 0 Å². The topological polar surface area (TPSA) is 75.4 Å². The highest BCUT2D eigenvalue weighted by Crippen LogP contribution is 2.21. The lowest BCUT2D eigenvalue weighted by atomic mass is 9.90. The average Bonchev–Trinajstić information content (AvgIpc) is 2.64. The Morgan fingerprint density at radius 1 is 1.08 bits per heavy atom. The first kappa shape index (κ1) is 17.9. The smallest absolute Gasteiger partial charge is 0.253 e. The van der Waals surface area contributed by atoms with Crippen LogP contribution in [0.25, 0.3) is 0 Å². The molecule has 1 aromatic rings. The first-order chi connectivity index (χ1) is 12.0. The number of likely N-dealkylation sites (tertiary alicyclic amines) is 1. The molecule has 2 amide bonds. The molecule has 0 spiro atoms. The van der Waals surface area contributed by atoms with E-state index < -0.39 is 0 Å². The summed E-state index contributed by atoms with van der Waals surface area (Å²) >= 11 is 0. The number of carbonyl (C=O) groups is 2. The highest BCUT2D eigenvalue weighted by atomic mass is 16.2. The third-order valence-electron chi connectivity index (χ3n) is 5.50. The van der Waals surface area contributed by atoms with Crippen molar-refractivity contribution in [1.82, 2.24) is 10.2 Å². The first-order valence-electron chi connectivity index (χ1n) is 9.45. The van der Waals surface area contributed by atoms with Gasteiger partial charge in [-0.2, -0.15) is 0 Å². The van der Waals surface area contributed by atoms with Crippen LogP contribution in [0.1, 0.15) is 54.4 Å². The molecule has 1 atom stereocenters. The monoisotopic (exact) mass is 343 g/mol. The molecule has 5 heteroatoms. The molecule has 1 aromatic carbocycles. The molecule has 0 aromatic heterocycles. The van der Waals surface area contributed by atoms with E-state index in [0.29, 0.717) is 12.1 Å². The Bertz CT molecular complexity index is 606. The molecule has 1 aliphatic heterocycles. The molecule has 1 unspecified atom stereocenters. The van der Waals surface area contributed by atoms with E-state index in [2.05, 4.69) is 5.32 Å². The fraction of sp³-hybridized carbons (Fsp3) is 0.600. The van der Waals surface area contributed by atoms with Gasteiger partial charge in [-0.05, 0) is 57.6 Å². The number of rotatable bonds is 3. The van der Waals surface area contributed by atoms with E-state index >= 15 is 0 Å². The second kappa shape index (κ2) is 8.00. The van der Waals surface area contributed by atoms with Gasteiger partial charge < -0.3 is 16.0 Å². The highest BCUT2D eigenvalue weighted by molar-refractivity contribution is 5.94. The lowest BCUT2D eigenvalue weighted by Gasteiger charge is -2.34. The number of amides is 2. The second-order valence-corrected chi connectivity index (χ2v) is 7.58. The number of aryl methyl sites for hydroxylation is 1. The molecule has 1 saturated heterocycles. The lowest BCUT2D eigenvalue weighted by molar-refractivity contribution is -0.127. The summed E-state index contributed by atoms with van der Waals surface area (Å²) in [7, 11) is 0. The molecular weight excluding hydrogens is 314 g/mol. The van der Waals surface area contributed by atoms with Gasteiger partial charge >= 0.3 is 0 Å². The van der Waals surface area contributed by atoms with Gasteiger partial charge in [-0.1, -0.05) is 17.7 Å². The van der Waals surface area contributed by atoms with Gasteiger partial charge in [-0.15, -0.1) is 0 Å². The highest BCUT2D eigenvalue weighted by Gasteiger charge is 2.30. The second-order valence-electron chi connectivity index (χ2n) is 7.58. The molecule has 5 nitrogen and oxygen atoms in total. The molecule has 1 heterocycles. The number of nitrogens with two attached hydrogens (primary N) is 1. The van der Waals surface area contributed by atoms with Crippen molar-refractivity contribution in [3.8, 4) is 0 Å². The molecule has 1 saturated carbocycles. The van der Waals surface area contributed by atoms with E-state index in [1.54, 1.807) is 0 Å². The van der Waals surface area contributed by atoms with Gasteiger partial charge in [0.25, 0.3) is 5.91 Å². The molecule has 3 rings (SSSR count). The molecular formula is C20H29N3O2. The lowest BCUT2D eigenvalue weighted by Crippen LogP contribution is -2.48. The van der Waals surface area contributed by atoms with E-state index in [1.807, 2.05) is 36.1 Å². The van der Waals surface area contributed by atoms with Crippen molar-refractivity contribution >= 4 is 11.8 Å². The van der Waals surface area contributed by atoms with E-state index in [-0.39, 0.29) is 29.8 Å². The van der Waals surface area contributed by atoms with Crippen molar-refractivity contribution in [3.63, 3.8) is 0 Å². The summed E-state index contributed by atoms with van der Waals surface area (Å²) in [5.41, 5.74) is 7.77. The SMILES string of the molecule is Cc1ccc(C(=O)N2CCCC(C(=O)NC3CCC(N)CC3)C2)cc1. The van der Waals surface area contributed by atoms with Gasteiger partial charge in [0.1, 0.15) is 0 Å². The van der Waals surface area contributed by atoms with Crippen molar-refractivity contribution in [2.45, 2.75) is 57.5 Å². The number of nitrogens with one attached hydrogen (secondary N) is 1. The van der Waals surface area contributed by atoms with Crippen molar-refractivity contribution in [2.24, 2.45) is 11.7 Å². The Labute approximate surface area is 150 Å². The third kappa shape index (κ3) is 4.60. The predicted molar refractivity (Wildman–Crippen MR) is 98.2 cm³/mol. The van der Waals surface area contributed by atoms with Crippen LogP contribution < -0.4 is 11.1 Å². The van der Waals surface area contributed by atoms with Crippen LogP contribution in [0.15, 0.2) is 24.3 Å². The maximum atomic E-state index is 12.7. The Kier molecular flexibility index (Phi) is 5.74. The quantitative estimate of drug-likeness (QED) is 0.884. The van der Waals surface area contributed by atoms with Crippen LogP contribution in [0, 0.1) is 12.8 Å². The van der Waals surface area contributed by atoms with Gasteiger partial charge in [0.2, 0.25) is 5.91 Å². The van der Waals surface area contributed by atoms with Gasteiger partial charge in [-0.25, -0.2) is 0 Å². The Morgan fingerprint density at radius 2 is 1.76 bits per heavy atom. The molecule has 0 radical (unpaired) electrons. The molecule has 0 bridgehead atoms. The van der Waals surface area contributed by atoms with E-state index in [0.717, 1.165) is 50.6 Å². The Balaban J connectivity index is 1.56. The van der Waals surface area contributed by atoms with Gasteiger partial charge in [0.05, 0.1) is 5.92 Å². The molecule has 2 aliphatic rings. The fourth-order valence-electron chi connectivity index (χ4n) is 3.84. The van der Waals surface area contributed by atoms with Gasteiger partial charge in [0, 0.05) is 30.7 Å². The predicted octanol–water partition coefficient (Wildman–Crippen LogP) is 2.23. The van der Waals surface area contributed by atoms with Gasteiger partial charge in [0.15, 0.2) is 0 Å². The van der Waals surface area contributed by atoms with Crippen molar-refractivity contribution in [1.29, 1.82) is 0 Å². The number of benzene rings is 1. The zero-order chi connectivity index (χ0) is 17.8. The summed E-state index contributed by atoms with van der Waals surface area (Å²) in [5.74, 6) is 0.0294. The third-order valence-corrected chi connectivity index (χ3v) is 5.50. The summed E-state index contributed by atoms with van der Waals surface area (Å²) in [6, 6.07) is 8.17. The van der Waals surface area contributed by atoms with Crippen LogP contribution >= 0.6 is 0 Å². The number of hydrogen-bond acceptors (Lipinski definition) is 3.